The highest BCUT2D eigenvalue weighted by Gasteiger charge is 2.08. The molecule has 2 N–H and O–H groups in total. The molecule has 0 amide bonds. The van der Waals surface area contributed by atoms with Crippen LogP contribution in [0.4, 0.5) is 5.82 Å². The fraction of sp³-hybridized carbons (Fsp3) is 0.526. The van der Waals surface area contributed by atoms with Crippen molar-refractivity contribution in [3.8, 4) is 0 Å². The Kier molecular flexibility index (Phi) is 10.1. The lowest BCUT2D eigenvalue weighted by Crippen LogP contribution is -2.36. The van der Waals surface area contributed by atoms with Crippen molar-refractivity contribution in [3.05, 3.63) is 41.4 Å². The van der Waals surface area contributed by atoms with Crippen molar-refractivity contribution in [1.29, 1.82) is 0 Å². The Morgan fingerprint density at radius 3 is 2.41 bits per heavy atom. The molecule has 0 fully saturated rings. The SMILES string of the molecule is CCN(CC)c1ccc(CNC(=NC)NCc2cc(C(C)C)no2)cn1.I. The maximum Gasteiger partial charge on any atom is 0.191 e. The molecule has 0 aliphatic rings. The predicted molar refractivity (Wildman–Crippen MR) is 121 cm³/mol. The molecule has 2 heterocycles. The summed E-state index contributed by atoms with van der Waals surface area (Å²) >= 11 is 0. The molecule has 0 aliphatic heterocycles. The fourth-order valence-electron chi connectivity index (χ4n) is 2.52. The standard InChI is InChI=1S/C19H30N6O.HI/c1-6-25(7-2)18-9-8-15(11-21-18)12-22-19(20-5)23-13-16-10-17(14(3)4)24-26-16;/h8-11,14H,6-7,12-13H2,1-5H3,(H2,20,22,23);1H. The molecule has 0 bridgehead atoms. The van der Waals surface area contributed by atoms with Crippen LogP contribution in [-0.4, -0.2) is 36.2 Å². The van der Waals surface area contributed by atoms with Gasteiger partial charge in [-0.2, -0.15) is 0 Å². The molecule has 150 valence electrons. The minimum absolute atomic E-state index is 0. The van der Waals surface area contributed by atoms with Crippen LogP contribution in [0.3, 0.4) is 0 Å². The van der Waals surface area contributed by atoms with Crippen molar-refractivity contribution in [2.24, 2.45) is 4.99 Å². The number of nitrogens with zero attached hydrogens (tertiary/aromatic N) is 4. The molecular weight excluding hydrogens is 455 g/mol. The lowest BCUT2D eigenvalue weighted by molar-refractivity contribution is 0.372. The third kappa shape index (κ3) is 7.00. The van der Waals surface area contributed by atoms with E-state index in [9.17, 15) is 0 Å². The number of halogens is 1. The van der Waals surface area contributed by atoms with Crippen LogP contribution in [0.25, 0.3) is 0 Å². The maximum absolute atomic E-state index is 5.33. The summed E-state index contributed by atoms with van der Waals surface area (Å²) in [6.45, 7) is 11.6. The van der Waals surface area contributed by atoms with Crippen LogP contribution in [0.1, 0.15) is 50.6 Å². The zero-order chi connectivity index (χ0) is 18.9. The van der Waals surface area contributed by atoms with Crippen LogP contribution in [0, 0.1) is 0 Å². The summed E-state index contributed by atoms with van der Waals surface area (Å²) in [6, 6.07) is 6.12. The monoisotopic (exact) mass is 486 g/mol. The van der Waals surface area contributed by atoms with Gasteiger partial charge in [-0.15, -0.1) is 24.0 Å². The quantitative estimate of drug-likeness (QED) is 0.338. The minimum Gasteiger partial charge on any atom is -0.359 e. The lowest BCUT2D eigenvalue weighted by atomic mass is 10.1. The Bertz CT molecular complexity index is 694. The third-order valence-electron chi connectivity index (χ3n) is 4.18. The van der Waals surface area contributed by atoms with Gasteiger partial charge in [-0.05, 0) is 31.4 Å². The molecule has 0 saturated heterocycles. The van der Waals surface area contributed by atoms with Gasteiger partial charge in [-0.1, -0.05) is 25.1 Å². The summed E-state index contributed by atoms with van der Waals surface area (Å²) in [4.78, 5) is 11.0. The molecule has 2 aromatic heterocycles. The number of hydrogen-bond donors (Lipinski definition) is 2. The summed E-state index contributed by atoms with van der Waals surface area (Å²) < 4.78 is 5.33. The first-order valence-corrected chi connectivity index (χ1v) is 9.17. The van der Waals surface area contributed by atoms with Crippen molar-refractivity contribution in [2.45, 2.75) is 46.7 Å². The summed E-state index contributed by atoms with van der Waals surface area (Å²) in [5.74, 6) is 2.87. The van der Waals surface area contributed by atoms with Gasteiger partial charge in [0.1, 0.15) is 5.82 Å². The van der Waals surface area contributed by atoms with Gasteiger partial charge in [0.15, 0.2) is 11.7 Å². The summed E-state index contributed by atoms with van der Waals surface area (Å²) in [7, 11) is 1.75. The Morgan fingerprint density at radius 1 is 1.19 bits per heavy atom. The molecule has 0 aromatic carbocycles. The first-order valence-electron chi connectivity index (χ1n) is 9.17. The summed E-state index contributed by atoms with van der Waals surface area (Å²) in [5.41, 5.74) is 2.06. The smallest absolute Gasteiger partial charge is 0.191 e. The predicted octanol–water partition coefficient (Wildman–Crippen LogP) is 3.52. The van der Waals surface area contributed by atoms with Gasteiger partial charge in [0.25, 0.3) is 0 Å². The van der Waals surface area contributed by atoms with Gasteiger partial charge < -0.3 is 20.1 Å². The van der Waals surface area contributed by atoms with Crippen molar-refractivity contribution in [1.82, 2.24) is 20.8 Å². The van der Waals surface area contributed by atoms with Crippen molar-refractivity contribution in [2.75, 3.05) is 25.0 Å². The van der Waals surface area contributed by atoms with Gasteiger partial charge in [0.05, 0.1) is 12.2 Å². The van der Waals surface area contributed by atoms with Crippen LogP contribution in [-0.2, 0) is 13.1 Å². The molecule has 8 heteroatoms. The molecule has 0 unspecified atom stereocenters. The Hall–Kier alpha value is -1.84. The molecule has 2 aromatic rings. The van der Waals surface area contributed by atoms with E-state index in [1.807, 2.05) is 12.3 Å². The fourth-order valence-corrected chi connectivity index (χ4v) is 2.52. The molecule has 0 radical (unpaired) electrons. The van der Waals surface area contributed by atoms with E-state index in [2.05, 4.69) is 70.5 Å². The van der Waals surface area contributed by atoms with Crippen LogP contribution in [0.2, 0.25) is 0 Å². The number of aliphatic imine (C=N–C) groups is 1. The number of nitrogens with one attached hydrogen (secondary N) is 2. The van der Waals surface area contributed by atoms with E-state index in [1.54, 1.807) is 7.05 Å². The largest absolute Gasteiger partial charge is 0.359 e. The molecule has 0 aliphatic carbocycles. The van der Waals surface area contributed by atoms with Crippen molar-refractivity contribution < 1.29 is 4.52 Å². The van der Waals surface area contributed by atoms with E-state index < -0.39 is 0 Å². The Balaban J connectivity index is 0.00000364. The van der Waals surface area contributed by atoms with E-state index in [0.29, 0.717) is 25.0 Å². The van der Waals surface area contributed by atoms with Crippen molar-refractivity contribution >= 4 is 35.8 Å². The van der Waals surface area contributed by atoms with Crippen LogP contribution in [0.15, 0.2) is 33.9 Å². The van der Waals surface area contributed by atoms with E-state index in [4.69, 9.17) is 4.52 Å². The van der Waals surface area contributed by atoms with E-state index in [1.165, 1.54) is 0 Å². The second kappa shape index (κ2) is 11.8. The zero-order valence-corrected chi connectivity index (χ0v) is 19.2. The highest BCUT2D eigenvalue weighted by atomic mass is 127. The van der Waals surface area contributed by atoms with Gasteiger partial charge in [0, 0.05) is 38.9 Å². The Labute approximate surface area is 179 Å². The molecule has 0 atom stereocenters. The van der Waals surface area contributed by atoms with Crippen LogP contribution in [0.5, 0.6) is 0 Å². The van der Waals surface area contributed by atoms with E-state index in [-0.39, 0.29) is 24.0 Å². The van der Waals surface area contributed by atoms with Gasteiger partial charge in [-0.3, -0.25) is 4.99 Å². The number of rotatable bonds is 8. The molecule has 7 nitrogen and oxygen atoms in total. The normalized spacial score (nSPS) is 11.3. The first kappa shape index (κ1) is 23.2. The second-order valence-electron chi connectivity index (χ2n) is 6.35. The second-order valence-corrected chi connectivity index (χ2v) is 6.35. The number of hydrogen-bond acceptors (Lipinski definition) is 5. The highest BCUT2D eigenvalue weighted by molar-refractivity contribution is 14.0. The molecule has 27 heavy (non-hydrogen) atoms. The molecule has 0 spiro atoms. The first-order chi connectivity index (χ1) is 12.6. The van der Waals surface area contributed by atoms with E-state index in [0.717, 1.165) is 35.9 Å². The average Bonchev–Trinajstić information content (AvgIpc) is 3.13. The summed E-state index contributed by atoms with van der Waals surface area (Å²) in [5, 5.41) is 10.6. The van der Waals surface area contributed by atoms with Gasteiger partial charge >= 0.3 is 0 Å². The van der Waals surface area contributed by atoms with Gasteiger partial charge in [0.2, 0.25) is 0 Å². The van der Waals surface area contributed by atoms with Gasteiger partial charge in [-0.25, -0.2) is 4.98 Å². The van der Waals surface area contributed by atoms with Crippen LogP contribution < -0.4 is 15.5 Å². The number of pyridine rings is 1. The average molecular weight is 486 g/mol. The van der Waals surface area contributed by atoms with E-state index >= 15 is 0 Å². The maximum atomic E-state index is 5.33. The Morgan fingerprint density at radius 2 is 1.89 bits per heavy atom. The summed E-state index contributed by atoms with van der Waals surface area (Å²) in [6.07, 6.45) is 1.90. The zero-order valence-electron chi connectivity index (χ0n) is 16.8. The van der Waals surface area contributed by atoms with Crippen LogP contribution >= 0.6 is 24.0 Å². The minimum atomic E-state index is 0. The number of aromatic nitrogens is 2. The highest BCUT2D eigenvalue weighted by Crippen LogP contribution is 2.14. The molecule has 2 rings (SSSR count). The number of guanidine groups is 1. The number of anilines is 1. The molecular formula is C19H31IN6O. The third-order valence-corrected chi connectivity index (χ3v) is 4.18. The lowest BCUT2D eigenvalue weighted by Gasteiger charge is -2.19. The molecule has 0 saturated carbocycles. The van der Waals surface area contributed by atoms with Crippen molar-refractivity contribution in [3.63, 3.8) is 0 Å². The topological polar surface area (TPSA) is 78.6 Å².